The third kappa shape index (κ3) is 2.64. The summed E-state index contributed by atoms with van der Waals surface area (Å²) in [5, 5.41) is 8.15. The number of aromatic nitrogens is 3. The van der Waals surface area contributed by atoms with Crippen LogP contribution in [0.5, 0.6) is 0 Å². The van der Waals surface area contributed by atoms with Crippen LogP contribution < -0.4 is 0 Å². The van der Waals surface area contributed by atoms with Crippen LogP contribution in [0.15, 0.2) is 35.4 Å². The number of benzene rings is 1. The van der Waals surface area contributed by atoms with Gasteiger partial charge in [-0.1, -0.05) is 5.21 Å². The second-order valence-electron chi connectivity index (χ2n) is 5.86. The van der Waals surface area contributed by atoms with E-state index in [-0.39, 0.29) is 18.1 Å². The molecule has 0 aliphatic carbocycles. The van der Waals surface area contributed by atoms with Gasteiger partial charge in [0.2, 0.25) is 0 Å². The standard InChI is InChI=1S/C16H18N4O2S/c1-23-13-4-2-11(3-5-13)16(21)19-7-6-15-14(9-19)20-12(10-22-15)8-17-18-20/h2-5,8,14-15H,6-7,9-10H2,1H3. The molecule has 0 N–H and O–H groups in total. The predicted molar refractivity (Wildman–Crippen MR) is 86.4 cm³/mol. The molecule has 1 aromatic heterocycles. The van der Waals surface area contributed by atoms with E-state index in [0.29, 0.717) is 19.7 Å². The van der Waals surface area contributed by atoms with Gasteiger partial charge in [-0.3, -0.25) is 4.79 Å². The van der Waals surface area contributed by atoms with Crippen LogP contribution in [0.4, 0.5) is 0 Å². The quantitative estimate of drug-likeness (QED) is 0.788. The molecule has 2 atom stereocenters. The Morgan fingerprint density at radius 3 is 2.96 bits per heavy atom. The summed E-state index contributed by atoms with van der Waals surface area (Å²) in [4.78, 5) is 15.8. The lowest BCUT2D eigenvalue weighted by atomic mass is 9.99. The highest BCUT2D eigenvalue weighted by molar-refractivity contribution is 7.98. The summed E-state index contributed by atoms with van der Waals surface area (Å²) in [7, 11) is 0. The number of nitrogens with zero attached hydrogens (tertiary/aromatic N) is 4. The Balaban J connectivity index is 1.54. The molecule has 1 aromatic carbocycles. The molecule has 2 aliphatic rings. The fourth-order valence-electron chi connectivity index (χ4n) is 3.28. The Bertz CT molecular complexity index is 715. The molecule has 0 radical (unpaired) electrons. The first-order chi connectivity index (χ1) is 11.3. The smallest absolute Gasteiger partial charge is 0.253 e. The summed E-state index contributed by atoms with van der Waals surface area (Å²) in [6.07, 6.45) is 4.71. The third-order valence-electron chi connectivity index (χ3n) is 4.55. The summed E-state index contributed by atoms with van der Waals surface area (Å²) in [5.41, 5.74) is 1.71. The van der Waals surface area contributed by atoms with Gasteiger partial charge in [-0.2, -0.15) is 0 Å². The lowest BCUT2D eigenvalue weighted by Crippen LogP contribution is -2.49. The van der Waals surface area contributed by atoms with Crippen molar-refractivity contribution in [3.8, 4) is 0 Å². The number of amides is 1. The van der Waals surface area contributed by atoms with Crippen LogP contribution in [0.1, 0.15) is 28.5 Å². The Kier molecular flexibility index (Phi) is 3.82. The maximum absolute atomic E-state index is 12.8. The monoisotopic (exact) mass is 330 g/mol. The van der Waals surface area contributed by atoms with Crippen molar-refractivity contribution in [3.05, 3.63) is 41.7 Å². The minimum atomic E-state index is 0.0596. The van der Waals surface area contributed by atoms with Crippen LogP contribution in [-0.4, -0.2) is 51.3 Å². The van der Waals surface area contributed by atoms with E-state index in [1.807, 2.05) is 40.1 Å². The molecule has 120 valence electrons. The number of hydrogen-bond donors (Lipinski definition) is 0. The summed E-state index contributed by atoms with van der Waals surface area (Å²) in [5.74, 6) is 0.0725. The Labute approximate surface area is 138 Å². The molecule has 0 saturated carbocycles. The lowest BCUT2D eigenvalue weighted by Gasteiger charge is -2.41. The zero-order valence-electron chi connectivity index (χ0n) is 12.9. The van der Waals surface area contributed by atoms with Crippen LogP contribution in [0.25, 0.3) is 0 Å². The van der Waals surface area contributed by atoms with Gasteiger partial charge in [0.1, 0.15) is 0 Å². The van der Waals surface area contributed by atoms with Gasteiger partial charge in [-0.05, 0) is 36.9 Å². The maximum atomic E-state index is 12.8. The van der Waals surface area contributed by atoms with E-state index in [9.17, 15) is 4.79 Å². The summed E-state index contributed by atoms with van der Waals surface area (Å²) >= 11 is 1.67. The molecule has 6 nitrogen and oxygen atoms in total. The van der Waals surface area contributed by atoms with Gasteiger partial charge in [0, 0.05) is 23.5 Å². The number of ether oxygens (including phenoxy) is 1. The van der Waals surface area contributed by atoms with Crippen molar-refractivity contribution >= 4 is 17.7 Å². The van der Waals surface area contributed by atoms with Gasteiger partial charge in [0.05, 0.1) is 30.6 Å². The van der Waals surface area contributed by atoms with Gasteiger partial charge >= 0.3 is 0 Å². The third-order valence-corrected chi connectivity index (χ3v) is 5.30. The normalized spacial score (nSPS) is 23.3. The molecule has 1 amide bonds. The highest BCUT2D eigenvalue weighted by Crippen LogP contribution is 2.30. The van der Waals surface area contributed by atoms with E-state index < -0.39 is 0 Å². The fourth-order valence-corrected chi connectivity index (χ4v) is 3.69. The second kappa shape index (κ2) is 5.98. The highest BCUT2D eigenvalue weighted by Gasteiger charge is 2.37. The van der Waals surface area contributed by atoms with Gasteiger partial charge in [-0.25, -0.2) is 4.68 Å². The van der Waals surface area contributed by atoms with Crippen LogP contribution >= 0.6 is 11.8 Å². The van der Waals surface area contributed by atoms with Crippen LogP contribution in [0.2, 0.25) is 0 Å². The predicted octanol–water partition coefficient (Wildman–Crippen LogP) is 1.99. The van der Waals surface area contributed by atoms with Gasteiger partial charge in [-0.15, -0.1) is 16.9 Å². The molecular formula is C16H18N4O2S. The first-order valence-corrected chi connectivity index (χ1v) is 8.93. The molecule has 0 spiro atoms. The molecular weight excluding hydrogens is 312 g/mol. The largest absolute Gasteiger partial charge is 0.370 e. The molecule has 2 aromatic rings. The number of thioether (sulfide) groups is 1. The molecule has 23 heavy (non-hydrogen) atoms. The number of carbonyl (C=O) groups excluding carboxylic acids is 1. The number of carbonyl (C=O) groups is 1. The summed E-state index contributed by atoms with van der Waals surface area (Å²) in [6, 6.07) is 7.84. The van der Waals surface area contributed by atoms with Crippen molar-refractivity contribution in [3.63, 3.8) is 0 Å². The first-order valence-electron chi connectivity index (χ1n) is 7.70. The molecule has 1 saturated heterocycles. The van der Waals surface area contributed by atoms with Crippen LogP contribution in [0, 0.1) is 0 Å². The molecule has 1 fully saturated rings. The molecule has 7 heteroatoms. The van der Waals surface area contributed by atoms with E-state index in [1.54, 1.807) is 18.0 Å². The topological polar surface area (TPSA) is 60.3 Å². The average Bonchev–Trinajstić information content (AvgIpc) is 3.10. The second-order valence-corrected chi connectivity index (χ2v) is 6.73. The van der Waals surface area contributed by atoms with Crippen LogP contribution in [-0.2, 0) is 11.3 Å². The minimum Gasteiger partial charge on any atom is -0.370 e. The summed E-state index contributed by atoms with van der Waals surface area (Å²) in [6.45, 7) is 1.89. The molecule has 0 bridgehead atoms. The Hall–Kier alpha value is -1.86. The zero-order chi connectivity index (χ0) is 15.8. The van der Waals surface area contributed by atoms with Crippen molar-refractivity contribution in [2.45, 2.75) is 30.1 Å². The fraction of sp³-hybridized carbons (Fsp3) is 0.438. The van der Waals surface area contributed by atoms with Crippen molar-refractivity contribution in [1.29, 1.82) is 0 Å². The van der Waals surface area contributed by atoms with E-state index in [4.69, 9.17) is 4.74 Å². The minimum absolute atomic E-state index is 0.0596. The van der Waals surface area contributed by atoms with Crippen molar-refractivity contribution in [1.82, 2.24) is 19.9 Å². The van der Waals surface area contributed by atoms with E-state index in [2.05, 4.69) is 10.3 Å². The first kappa shape index (κ1) is 14.7. The Morgan fingerprint density at radius 2 is 2.17 bits per heavy atom. The van der Waals surface area contributed by atoms with E-state index >= 15 is 0 Å². The molecule has 2 aliphatic heterocycles. The molecule has 4 rings (SSSR count). The zero-order valence-corrected chi connectivity index (χ0v) is 13.7. The number of fused-ring (bicyclic) bond motifs is 3. The SMILES string of the molecule is CSc1ccc(C(=O)N2CCC3OCc4cnnn4C3C2)cc1. The number of rotatable bonds is 2. The van der Waals surface area contributed by atoms with E-state index in [0.717, 1.165) is 22.6 Å². The highest BCUT2D eigenvalue weighted by atomic mass is 32.2. The molecule has 3 heterocycles. The number of piperidine rings is 1. The number of hydrogen-bond acceptors (Lipinski definition) is 5. The maximum Gasteiger partial charge on any atom is 0.253 e. The summed E-state index contributed by atoms with van der Waals surface area (Å²) < 4.78 is 7.81. The van der Waals surface area contributed by atoms with Gasteiger partial charge in [0.25, 0.3) is 5.91 Å². The van der Waals surface area contributed by atoms with Crippen LogP contribution in [0.3, 0.4) is 0 Å². The Morgan fingerprint density at radius 1 is 1.35 bits per heavy atom. The van der Waals surface area contributed by atoms with E-state index in [1.165, 1.54) is 0 Å². The van der Waals surface area contributed by atoms with Crippen molar-refractivity contribution in [2.75, 3.05) is 19.3 Å². The van der Waals surface area contributed by atoms with Gasteiger partial charge in [0.15, 0.2) is 0 Å². The number of likely N-dealkylation sites (tertiary alicyclic amines) is 1. The van der Waals surface area contributed by atoms with Gasteiger partial charge < -0.3 is 9.64 Å². The average molecular weight is 330 g/mol. The molecule has 2 unspecified atom stereocenters. The van der Waals surface area contributed by atoms with Crippen molar-refractivity contribution < 1.29 is 9.53 Å². The lowest BCUT2D eigenvalue weighted by molar-refractivity contribution is -0.0605. The van der Waals surface area contributed by atoms with Crippen molar-refractivity contribution in [2.24, 2.45) is 0 Å².